The van der Waals surface area contributed by atoms with Gasteiger partial charge in [-0.1, -0.05) is 17.7 Å². The Morgan fingerprint density at radius 2 is 2.00 bits per heavy atom. The maximum atomic E-state index is 13.1. The van der Waals surface area contributed by atoms with Crippen molar-refractivity contribution < 1.29 is 4.79 Å². The number of aryl methyl sites for hydroxylation is 1. The molecule has 32 heavy (non-hydrogen) atoms. The fourth-order valence-corrected chi connectivity index (χ4v) is 4.03. The summed E-state index contributed by atoms with van der Waals surface area (Å²) >= 11 is 6.35. The SMILES string of the molecule is CN=C/C(=C\N)c1cc(Cl)cc(C(C)NC(=O)c2cc(N3CC(N(C)C)C3)ccc2C)c1. The zero-order chi connectivity index (χ0) is 23.4. The first kappa shape index (κ1) is 23.8. The molecular formula is C25H32ClN5O. The van der Waals surface area contributed by atoms with E-state index in [0.29, 0.717) is 16.6 Å². The van der Waals surface area contributed by atoms with E-state index in [2.05, 4.69) is 40.3 Å². The maximum Gasteiger partial charge on any atom is 0.252 e. The summed E-state index contributed by atoms with van der Waals surface area (Å²) in [7, 11) is 5.88. The number of carbonyl (C=O) groups is 1. The molecule has 6 nitrogen and oxygen atoms in total. The second-order valence-corrected chi connectivity index (χ2v) is 8.94. The molecule has 1 heterocycles. The predicted octanol–water partition coefficient (Wildman–Crippen LogP) is 3.89. The Hall–Kier alpha value is -2.83. The number of anilines is 1. The van der Waals surface area contributed by atoms with Gasteiger partial charge in [0, 0.05) is 60.4 Å². The van der Waals surface area contributed by atoms with Crippen molar-refractivity contribution in [3.63, 3.8) is 0 Å². The van der Waals surface area contributed by atoms with E-state index in [9.17, 15) is 4.79 Å². The summed E-state index contributed by atoms with van der Waals surface area (Å²) in [6.07, 6.45) is 3.18. The molecule has 1 saturated heterocycles. The minimum absolute atomic E-state index is 0.104. The molecule has 1 atom stereocenters. The fraction of sp³-hybridized carbons (Fsp3) is 0.360. The summed E-state index contributed by atoms with van der Waals surface area (Å²) in [5, 5.41) is 3.69. The lowest BCUT2D eigenvalue weighted by Gasteiger charge is -2.44. The fourth-order valence-electron chi connectivity index (χ4n) is 3.78. The molecule has 1 aliphatic heterocycles. The number of nitrogens with zero attached hydrogens (tertiary/aromatic N) is 3. The second kappa shape index (κ2) is 10.2. The highest BCUT2D eigenvalue weighted by atomic mass is 35.5. The first-order chi connectivity index (χ1) is 15.2. The van der Waals surface area contributed by atoms with Crippen LogP contribution in [0.4, 0.5) is 5.69 Å². The third-order valence-electron chi connectivity index (χ3n) is 5.97. The van der Waals surface area contributed by atoms with Gasteiger partial charge < -0.3 is 20.9 Å². The van der Waals surface area contributed by atoms with Crippen molar-refractivity contribution in [3.05, 3.63) is 69.9 Å². The van der Waals surface area contributed by atoms with Gasteiger partial charge in [-0.25, -0.2) is 0 Å². The number of nitrogens with two attached hydrogens (primary N) is 1. The van der Waals surface area contributed by atoms with E-state index in [1.165, 1.54) is 6.20 Å². The van der Waals surface area contributed by atoms with Crippen LogP contribution in [0, 0.1) is 6.92 Å². The maximum absolute atomic E-state index is 13.1. The molecule has 2 aromatic carbocycles. The quantitative estimate of drug-likeness (QED) is 0.624. The first-order valence-corrected chi connectivity index (χ1v) is 11.1. The van der Waals surface area contributed by atoms with Crippen LogP contribution in [0.5, 0.6) is 0 Å². The van der Waals surface area contributed by atoms with Crippen molar-refractivity contribution >= 4 is 35.0 Å². The minimum atomic E-state index is -0.234. The highest BCUT2D eigenvalue weighted by Gasteiger charge is 2.29. The first-order valence-electron chi connectivity index (χ1n) is 10.7. The molecule has 0 aliphatic carbocycles. The van der Waals surface area contributed by atoms with Crippen LogP contribution in [0.1, 0.15) is 40.0 Å². The van der Waals surface area contributed by atoms with Crippen molar-refractivity contribution in [2.45, 2.75) is 25.9 Å². The van der Waals surface area contributed by atoms with Crippen molar-refractivity contribution in [2.75, 3.05) is 39.1 Å². The lowest BCUT2D eigenvalue weighted by atomic mass is 9.99. The topological polar surface area (TPSA) is 74.0 Å². The van der Waals surface area contributed by atoms with E-state index in [-0.39, 0.29) is 11.9 Å². The normalized spacial score (nSPS) is 15.8. The highest BCUT2D eigenvalue weighted by molar-refractivity contribution is 6.31. The van der Waals surface area contributed by atoms with E-state index < -0.39 is 0 Å². The molecule has 1 fully saturated rings. The van der Waals surface area contributed by atoms with Gasteiger partial charge in [0.2, 0.25) is 0 Å². The predicted molar refractivity (Wildman–Crippen MR) is 135 cm³/mol. The van der Waals surface area contributed by atoms with Gasteiger partial charge in [0.05, 0.1) is 6.04 Å². The van der Waals surface area contributed by atoms with E-state index in [1.54, 1.807) is 13.3 Å². The molecule has 170 valence electrons. The molecule has 0 saturated carbocycles. The van der Waals surface area contributed by atoms with Crippen LogP contribution in [0.3, 0.4) is 0 Å². The van der Waals surface area contributed by atoms with E-state index in [1.807, 2.05) is 44.2 Å². The Kier molecular flexibility index (Phi) is 7.59. The standard InChI is InChI=1S/C25H32ClN5O/c1-16-6-7-22(31-14-23(15-31)30(4)5)11-24(16)25(32)29-17(2)18-8-19(10-21(26)9-18)20(12-27)13-28-3/h6-13,17,23H,14-15,27H2,1-5H3,(H,29,32)/b20-12+,28-13?. The van der Waals surface area contributed by atoms with Gasteiger partial charge in [-0.05, 0) is 75.0 Å². The Morgan fingerprint density at radius 3 is 2.62 bits per heavy atom. The number of hydrogen-bond acceptors (Lipinski definition) is 5. The average Bonchev–Trinajstić information content (AvgIpc) is 2.71. The van der Waals surface area contributed by atoms with Crippen LogP contribution in [0.15, 0.2) is 47.6 Å². The average molecular weight is 454 g/mol. The molecule has 7 heteroatoms. The molecule has 3 N–H and O–H groups in total. The molecule has 1 aliphatic rings. The van der Waals surface area contributed by atoms with Gasteiger partial charge in [0.15, 0.2) is 0 Å². The number of rotatable bonds is 7. The summed E-state index contributed by atoms with van der Waals surface area (Å²) in [5.41, 5.74) is 11.0. The van der Waals surface area contributed by atoms with E-state index in [4.69, 9.17) is 17.3 Å². The monoisotopic (exact) mass is 453 g/mol. The summed E-state index contributed by atoms with van der Waals surface area (Å²) in [5.74, 6) is -0.104. The number of hydrogen-bond donors (Lipinski definition) is 2. The smallest absolute Gasteiger partial charge is 0.252 e. The van der Waals surface area contributed by atoms with Gasteiger partial charge in [0.25, 0.3) is 5.91 Å². The minimum Gasteiger partial charge on any atom is -0.404 e. The van der Waals surface area contributed by atoms with Crippen LogP contribution >= 0.6 is 11.6 Å². The number of halogens is 1. The summed E-state index contributed by atoms with van der Waals surface area (Å²) in [6, 6.07) is 12.1. The number of nitrogens with one attached hydrogen (secondary N) is 1. The summed E-state index contributed by atoms with van der Waals surface area (Å²) < 4.78 is 0. The molecule has 0 aromatic heterocycles. The van der Waals surface area contributed by atoms with E-state index in [0.717, 1.165) is 41.0 Å². The van der Waals surface area contributed by atoms with Gasteiger partial charge in [0.1, 0.15) is 0 Å². The molecule has 1 amide bonds. The summed E-state index contributed by atoms with van der Waals surface area (Å²) in [6.45, 7) is 5.85. The number of amides is 1. The van der Waals surface area contributed by atoms with Gasteiger partial charge in [-0.2, -0.15) is 0 Å². The van der Waals surface area contributed by atoms with Crippen molar-refractivity contribution in [1.29, 1.82) is 0 Å². The molecule has 0 radical (unpaired) electrons. The molecule has 0 spiro atoms. The zero-order valence-electron chi connectivity index (χ0n) is 19.4. The zero-order valence-corrected chi connectivity index (χ0v) is 20.1. The second-order valence-electron chi connectivity index (χ2n) is 8.50. The van der Waals surface area contributed by atoms with Crippen molar-refractivity contribution in [1.82, 2.24) is 10.2 Å². The third-order valence-corrected chi connectivity index (χ3v) is 6.19. The number of allylic oxidation sites excluding steroid dienone is 1. The molecule has 3 rings (SSSR count). The highest BCUT2D eigenvalue weighted by Crippen LogP contribution is 2.27. The van der Waals surface area contributed by atoms with Crippen LogP contribution in [0.25, 0.3) is 5.57 Å². The number of aliphatic imine (C=N–C) groups is 1. The lowest BCUT2D eigenvalue weighted by Crippen LogP contribution is -2.57. The van der Waals surface area contributed by atoms with Crippen LogP contribution in [0.2, 0.25) is 5.02 Å². The number of benzene rings is 2. The van der Waals surface area contributed by atoms with E-state index >= 15 is 0 Å². The largest absolute Gasteiger partial charge is 0.404 e. The number of carbonyl (C=O) groups excluding carboxylic acids is 1. The molecule has 2 aromatic rings. The van der Waals surface area contributed by atoms with Gasteiger partial charge >= 0.3 is 0 Å². The van der Waals surface area contributed by atoms with Gasteiger partial charge in [-0.3, -0.25) is 9.79 Å². The van der Waals surface area contributed by atoms with Crippen molar-refractivity contribution in [3.8, 4) is 0 Å². The van der Waals surface area contributed by atoms with Crippen LogP contribution in [-0.4, -0.2) is 57.3 Å². The Bertz CT molecular complexity index is 1040. The Labute approximate surface area is 195 Å². The van der Waals surface area contributed by atoms with Crippen molar-refractivity contribution in [2.24, 2.45) is 10.7 Å². The Morgan fingerprint density at radius 1 is 1.28 bits per heavy atom. The molecular weight excluding hydrogens is 422 g/mol. The lowest BCUT2D eigenvalue weighted by molar-refractivity contribution is 0.0939. The van der Waals surface area contributed by atoms with Crippen LogP contribution in [-0.2, 0) is 0 Å². The molecule has 1 unspecified atom stereocenters. The molecule has 0 bridgehead atoms. The number of likely N-dealkylation sites (N-methyl/N-ethyl adjacent to an activating group) is 1. The van der Waals surface area contributed by atoms with Gasteiger partial charge in [-0.15, -0.1) is 0 Å². The third kappa shape index (κ3) is 5.31. The Balaban J connectivity index is 1.78. The summed E-state index contributed by atoms with van der Waals surface area (Å²) in [4.78, 5) is 21.7. The van der Waals surface area contributed by atoms with Crippen LogP contribution < -0.4 is 16.0 Å².